The number of esters is 1. The van der Waals surface area contributed by atoms with Crippen LogP contribution in [0.15, 0.2) is 48.6 Å². The van der Waals surface area contributed by atoms with E-state index in [1.807, 2.05) is 0 Å². The van der Waals surface area contributed by atoms with Crippen molar-refractivity contribution in [3.05, 3.63) is 48.6 Å². The van der Waals surface area contributed by atoms with Gasteiger partial charge in [0.15, 0.2) is 0 Å². The highest BCUT2D eigenvalue weighted by molar-refractivity contribution is 5.76. The van der Waals surface area contributed by atoms with Crippen LogP contribution in [0.5, 0.6) is 0 Å². The molecule has 86 heavy (non-hydrogen) atoms. The Morgan fingerprint density at radius 2 is 0.581 bits per heavy atom. The Morgan fingerprint density at radius 1 is 0.326 bits per heavy atom. The van der Waals surface area contributed by atoms with Gasteiger partial charge in [0.1, 0.15) is 0 Å². The molecule has 0 heterocycles. The lowest BCUT2D eigenvalue weighted by Crippen LogP contribution is -2.45. The average Bonchev–Trinajstić information content (AvgIpc) is 3.54. The molecule has 0 fully saturated rings. The highest BCUT2D eigenvalue weighted by Crippen LogP contribution is 2.19. The molecule has 0 aliphatic rings. The minimum atomic E-state index is -0.665. The van der Waals surface area contributed by atoms with Crippen molar-refractivity contribution in [3.63, 3.8) is 0 Å². The van der Waals surface area contributed by atoms with E-state index in [2.05, 4.69) is 67.8 Å². The Kier molecular flexibility index (Phi) is 73.4. The molecule has 3 N–H and O–H groups in total. The van der Waals surface area contributed by atoms with Crippen molar-refractivity contribution < 1.29 is 24.5 Å². The van der Waals surface area contributed by atoms with Gasteiger partial charge in [-0.05, 0) is 89.9 Å². The van der Waals surface area contributed by atoms with Gasteiger partial charge in [-0.1, -0.05) is 371 Å². The molecule has 0 radical (unpaired) electrons. The summed E-state index contributed by atoms with van der Waals surface area (Å²) in [5, 5.41) is 23.4. The molecule has 6 nitrogen and oxygen atoms in total. The SMILES string of the molecule is CCCCCC/C=C\C/C=C\CCCCCCCC(=O)OCCCCCCCCCCC/C=C\C/C=C\CCCCCCCCCCCCCCCCCCCC(=O)NC(CO)C(O)CCCCCCCCCCCCCCCCCCCCCC. The standard InChI is InChI=1S/C80H151NO5/c1-3-5-7-9-11-13-15-17-19-21-22-38-41-44-48-52-56-60-64-68-72-78(83)77(76-82)81-79(84)73-69-65-61-57-53-49-45-42-39-36-34-32-30-28-26-24-23-25-27-29-31-33-35-37-40-43-47-51-55-59-63-67-71-75-86-80(85)74-70-66-62-58-54-50-46-20-18-16-14-12-10-8-6-4-2/h14,16,20,27,29,33,35,46,77-78,82-83H,3-13,15,17-19,21-26,28,30-32,34,36-45,47-76H2,1-2H3,(H,81,84)/b16-14-,29-27-,35-33-,46-20-. The zero-order valence-electron chi connectivity index (χ0n) is 58.1. The maximum Gasteiger partial charge on any atom is 0.305 e. The lowest BCUT2D eigenvalue weighted by molar-refractivity contribution is -0.143. The molecular weight excluding hydrogens is 1050 g/mol. The third-order valence-electron chi connectivity index (χ3n) is 18.1. The minimum absolute atomic E-state index is 0.00109. The molecule has 0 saturated carbocycles. The van der Waals surface area contributed by atoms with E-state index in [0.717, 1.165) is 57.8 Å². The van der Waals surface area contributed by atoms with Crippen LogP contribution in [-0.2, 0) is 14.3 Å². The second kappa shape index (κ2) is 75.3. The van der Waals surface area contributed by atoms with Gasteiger partial charge in [0.05, 0.1) is 25.4 Å². The van der Waals surface area contributed by atoms with Crippen molar-refractivity contribution in [2.75, 3.05) is 13.2 Å². The number of aliphatic hydroxyl groups is 2. The molecule has 0 spiro atoms. The van der Waals surface area contributed by atoms with E-state index in [0.29, 0.717) is 25.9 Å². The molecule has 2 atom stereocenters. The molecule has 0 rings (SSSR count). The average molecular weight is 1210 g/mol. The topological polar surface area (TPSA) is 95.9 Å². The highest BCUT2D eigenvalue weighted by atomic mass is 16.5. The lowest BCUT2D eigenvalue weighted by Gasteiger charge is -2.22. The Bertz CT molecular complexity index is 1440. The summed E-state index contributed by atoms with van der Waals surface area (Å²) in [5.74, 6) is -0.0278. The second-order valence-corrected chi connectivity index (χ2v) is 26.7. The number of unbranched alkanes of at least 4 members (excludes halogenated alkanes) is 54. The van der Waals surface area contributed by atoms with Gasteiger partial charge in [0, 0.05) is 12.8 Å². The van der Waals surface area contributed by atoms with Crippen LogP contribution in [-0.4, -0.2) is 47.4 Å². The van der Waals surface area contributed by atoms with Crippen LogP contribution in [0, 0.1) is 0 Å². The van der Waals surface area contributed by atoms with Crippen LogP contribution >= 0.6 is 0 Å². The number of rotatable bonds is 73. The third-order valence-corrected chi connectivity index (χ3v) is 18.1. The van der Waals surface area contributed by atoms with Gasteiger partial charge in [-0.15, -0.1) is 0 Å². The Morgan fingerprint density at radius 3 is 0.895 bits per heavy atom. The molecular formula is C80H151NO5. The maximum absolute atomic E-state index is 12.6. The number of hydrogen-bond donors (Lipinski definition) is 3. The summed E-state index contributed by atoms with van der Waals surface area (Å²) in [7, 11) is 0. The first-order valence-corrected chi connectivity index (χ1v) is 38.9. The molecule has 6 heteroatoms. The Hall–Kier alpha value is -2.18. The smallest absolute Gasteiger partial charge is 0.305 e. The summed E-state index contributed by atoms with van der Waals surface area (Å²) in [5.41, 5.74) is 0. The maximum atomic E-state index is 12.6. The highest BCUT2D eigenvalue weighted by Gasteiger charge is 2.20. The summed E-state index contributed by atoms with van der Waals surface area (Å²) in [6.45, 7) is 4.97. The van der Waals surface area contributed by atoms with E-state index in [1.165, 1.54) is 334 Å². The van der Waals surface area contributed by atoms with E-state index in [4.69, 9.17) is 4.74 Å². The molecule has 2 unspecified atom stereocenters. The van der Waals surface area contributed by atoms with E-state index in [1.54, 1.807) is 0 Å². The Labute approximate surface area is 537 Å². The molecule has 0 aliphatic carbocycles. The summed E-state index contributed by atoms with van der Waals surface area (Å²) in [4.78, 5) is 24.6. The van der Waals surface area contributed by atoms with Crippen LogP contribution in [0.1, 0.15) is 425 Å². The number of allylic oxidation sites excluding steroid dienone is 8. The predicted molar refractivity (Wildman–Crippen MR) is 379 cm³/mol. The summed E-state index contributed by atoms with van der Waals surface area (Å²) >= 11 is 0. The van der Waals surface area contributed by atoms with Crippen molar-refractivity contribution >= 4 is 11.9 Å². The Balaban J connectivity index is 3.39. The van der Waals surface area contributed by atoms with Crippen molar-refractivity contribution in [2.45, 2.75) is 437 Å². The first-order valence-electron chi connectivity index (χ1n) is 38.9. The molecule has 0 aliphatic heterocycles. The molecule has 0 aromatic heterocycles. The number of carbonyl (C=O) groups is 2. The number of amides is 1. The quantitative estimate of drug-likeness (QED) is 0.0320. The summed E-state index contributed by atoms with van der Waals surface area (Å²) < 4.78 is 5.49. The molecule has 1 amide bonds. The van der Waals surface area contributed by atoms with Crippen molar-refractivity contribution in [2.24, 2.45) is 0 Å². The molecule has 0 bridgehead atoms. The zero-order chi connectivity index (χ0) is 62.0. The van der Waals surface area contributed by atoms with E-state index in [9.17, 15) is 19.8 Å². The fourth-order valence-electron chi connectivity index (χ4n) is 12.2. The van der Waals surface area contributed by atoms with Gasteiger partial charge in [0.2, 0.25) is 5.91 Å². The van der Waals surface area contributed by atoms with Gasteiger partial charge in [-0.2, -0.15) is 0 Å². The van der Waals surface area contributed by atoms with Crippen LogP contribution in [0.4, 0.5) is 0 Å². The molecule has 0 aromatic rings. The lowest BCUT2D eigenvalue weighted by atomic mass is 10.0. The van der Waals surface area contributed by atoms with Gasteiger partial charge < -0.3 is 20.3 Å². The number of hydrogen-bond acceptors (Lipinski definition) is 5. The predicted octanol–water partition coefficient (Wildman–Crippen LogP) is 25.6. The van der Waals surface area contributed by atoms with Crippen LogP contribution < -0.4 is 5.32 Å². The van der Waals surface area contributed by atoms with E-state index < -0.39 is 12.1 Å². The van der Waals surface area contributed by atoms with E-state index in [-0.39, 0.29) is 18.5 Å². The number of nitrogens with one attached hydrogen (secondary N) is 1. The third kappa shape index (κ3) is 70.9. The minimum Gasteiger partial charge on any atom is -0.466 e. The monoisotopic (exact) mass is 1210 g/mol. The molecule has 0 saturated heterocycles. The van der Waals surface area contributed by atoms with Crippen molar-refractivity contribution in [3.8, 4) is 0 Å². The summed E-state index contributed by atoms with van der Waals surface area (Å²) in [6, 6.07) is -0.542. The first kappa shape index (κ1) is 83.8. The van der Waals surface area contributed by atoms with Gasteiger partial charge in [0.25, 0.3) is 0 Å². The van der Waals surface area contributed by atoms with Crippen LogP contribution in [0.25, 0.3) is 0 Å². The summed E-state index contributed by atoms with van der Waals surface area (Å²) in [6.07, 6.45) is 99.0. The van der Waals surface area contributed by atoms with Crippen molar-refractivity contribution in [1.82, 2.24) is 5.32 Å². The first-order chi connectivity index (χ1) is 42.5. The van der Waals surface area contributed by atoms with Gasteiger partial charge in [-0.3, -0.25) is 9.59 Å². The van der Waals surface area contributed by atoms with Crippen LogP contribution in [0.2, 0.25) is 0 Å². The van der Waals surface area contributed by atoms with Gasteiger partial charge in [-0.25, -0.2) is 0 Å². The fraction of sp³-hybridized carbons (Fsp3) is 0.875. The van der Waals surface area contributed by atoms with Gasteiger partial charge >= 0.3 is 5.97 Å². The number of ether oxygens (including phenoxy) is 1. The number of aliphatic hydroxyl groups excluding tert-OH is 2. The zero-order valence-corrected chi connectivity index (χ0v) is 58.1. The number of carbonyl (C=O) groups excluding carboxylic acids is 2. The largest absolute Gasteiger partial charge is 0.466 e. The fourth-order valence-corrected chi connectivity index (χ4v) is 12.2. The van der Waals surface area contributed by atoms with Crippen molar-refractivity contribution in [1.29, 1.82) is 0 Å². The van der Waals surface area contributed by atoms with Crippen LogP contribution in [0.3, 0.4) is 0 Å². The normalized spacial score (nSPS) is 12.7. The molecule has 506 valence electrons. The molecule has 0 aromatic carbocycles. The van der Waals surface area contributed by atoms with E-state index >= 15 is 0 Å². The second-order valence-electron chi connectivity index (χ2n) is 26.7.